The quantitative estimate of drug-likeness (QED) is 0.776. The third-order valence-electron chi connectivity index (χ3n) is 3.45. The molecule has 1 aliphatic rings. The predicted octanol–water partition coefficient (Wildman–Crippen LogP) is 3.05. The van der Waals surface area contributed by atoms with Gasteiger partial charge in [-0.25, -0.2) is 0 Å². The molecule has 5 heteroatoms. The number of benzene rings is 1. The summed E-state index contributed by atoms with van der Waals surface area (Å²) in [5.41, 5.74) is 2.02. The molecule has 4 nitrogen and oxygen atoms in total. The molecule has 2 rings (SSSR count). The van der Waals surface area contributed by atoms with Crippen molar-refractivity contribution in [3.8, 4) is 0 Å². The van der Waals surface area contributed by atoms with Crippen molar-refractivity contribution >= 4 is 39.1 Å². The first-order valence-corrected chi connectivity index (χ1v) is 7.43. The second kappa shape index (κ2) is 5.87. The van der Waals surface area contributed by atoms with Gasteiger partial charge in [0.05, 0.1) is 11.3 Å². The van der Waals surface area contributed by atoms with Gasteiger partial charge in [-0.3, -0.25) is 14.4 Å². The lowest BCUT2D eigenvalue weighted by Crippen LogP contribution is -2.31. The number of anilines is 1. The number of carbonyl (C=O) groups excluding carboxylic acids is 3. The lowest BCUT2D eigenvalue weighted by atomic mass is 10.1. The van der Waals surface area contributed by atoms with E-state index in [1.165, 1.54) is 4.90 Å². The zero-order valence-corrected chi connectivity index (χ0v) is 13.1. The maximum Gasteiger partial charge on any atom is 0.299 e. The van der Waals surface area contributed by atoms with Gasteiger partial charge >= 0.3 is 0 Å². The smallest absolute Gasteiger partial charge is 0.299 e. The van der Waals surface area contributed by atoms with Crippen LogP contribution in [0.4, 0.5) is 5.69 Å². The standard InChI is InChI=1S/C15H16BrNO3/c1-3-11(18)5-4-6-17-13-9(2)7-10(16)8-12(13)14(19)15(17)20/h7-8H,3-6H2,1-2H3. The Hall–Kier alpha value is -1.49. The summed E-state index contributed by atoms with van der Waals surface area (Å²) in [5, 5.41) is 0. The van der Waals surface area contributed by atoms with E-state index in [1.54, 1.807) is 6.07 Å². The fourth-order valence-corrected chi connectivity index (χ4v) is 3.00. The van der Waals surface area contributed by atoms with Gasteiger partial charge in [0.1, 0.15) is 5.78 Å². The molecule has 0 saturated heterocycles. The highest BCUT2D eigenvalue weighted by atomic mass is 79.9. The van der Waals surface area contributed by atoms with Crippen molar-refractivity contribution in [3.63, 3.8) is 0 Å². The summed E-state index contributed by atoms with van der Waals surface area (Å²) >= 11 is 3.34. The van der Waals surface area contributed by atoms with E-state index in [0.717, 1.165) is 10.0 Å². The molecule has 1 heterocycles. The zero-order valence-electron chi connectivity index (χ0n) is 11.5. The van der Waals surface area contributed by atoms with Crippen molar-refractivity contribution in [1.29, 1.82) is 0 Å². The first kappa shape index (κ1) is 14.9. The molecule has 0 saturated carbocycles. The Morgan fingerprint density at radius 3 is 2.65 bits per heavy atom. The Kier molecular flexibility index (Phi) is 4.38. The van der Waals surface area contributed by atoms with Crippen LogP contribution < -0.4 is 4.90 Å². The molecule has 1 aromatic rings. The molecule has 20 heavy (non-hydrogen) atoms. The Morgan fingerprint density at radius 1 is 1.30 bits per heavy atom. The molecular formula is C15H16BrNO3. The lowest BCUT2D eigenvalue weighted by Gasteiger charge is -2.18. The molecule has 0 unspecified atom stereocenters. The van der Waals surface area contributed by atoms with Crippen LogP contribution in [0.15, 0.2) is 16.6 Å². The topological polar surface area (TPSA) is 54.5 Å². The minimum atomic E-state index is -0.495. The molecular weight excluding hydrogens is 322 g/mol. The highest BCUT2D eigenvalue weighted by molar-refractivity contribution is 9.10. The molecule has 0 spiro atoms. The average Bonchev–Trinajstić information content (AvgIpc) is 2.64. The van der Waals surface area contributed by atoms with Crippen LogP contribution in [0.25, 0.3) is 0 Å². The maximum absolute atomic E-state index is 12.0. The van der Waals surface area contributed by atoms with E-state index >= 15 is 0 Å². The molecule has 1 amide bonds. The predicted molar refractivity (Wildman–Crippen MR) is 80.1 cm³/mol. The van der Waals surface area contributed by atoms with Crippen molar-refractivity contribution < 1.29 is 14.4 Å². The average molecular weight is 338 g/mol. The lowest BCUT2D eigenvalue weighted by molar-refractivity contribution is -0.119. The summed E-state index contributed by atoms with van der Waals surface area (Å²) in [6.45, 7) is 4.11. The normalized spacial score (nSPS) is 13.8. The van der Waals surface area contributed by atoms with Gasteiger partial charge in [0.2, 0.25) is 0 Å². The number of aryl methyl sites for hydroxylation is 1. The molecule has 0 aromatic heterocycles. The number of Topliss-reactive ketones (excluding diaryl/α,β-unsaturated/α-hetero) is 2. The minimum absolute atomic E-state index is 0.177. The van der Waals surface area contributed by atoms with Crippen molar-refractivity contribution in [2.24, 2.45) is 0 Å². The van der Waals surface area contributed by atoms with Gasteiger partial charge in [-0.15, -0.1) is 0 Å². The molecule has 0 aliphatic carbocycles. The third-order valence-corrected chi connectivity index (χ3v) is 3.91. The number of hydrogen-bond donors (Lipinski definition) is 0. The number of rotatable bonds is 5. The summed E-state index contributed by atoms with van der Waals surface area (Å²) < 4.78 is 0.790. The van der Waals surface area contributed by atoms with Crippen LogP contribution in [0.5, 0.6) is 0 Å². The zero-order chi connectivity index (χ0) is 14.9. The van der Waals surface area contributed by atoms with Crippen LogP contribution in [0.2, 0.25) is 0 Å². The van der Waals surface area contributed by atoms with Gasteiger partial charge < -0.3 is 4.90 Å². The Bertz CT molecular complexity index is 595. The van der Waals surface area contributed by atoms with Gasteiger partial charge in [0.25, 0.3) is 11.7 Å². The van der Waals surface area contributed by atoms with E-state index in [0.29, 0.717) is 37.1 Å². The van der Waals surface area contributed by atoms with Gasteiger partial charge in [-0.2, -0.15) is 0 Å². The number of halogens is 1. The van der Waals surface area contributed by atoms with Crippen molar-refractivity contribution in [2.75, 3.05) is 11.4 Å². The second-order valence-electron chi connectivity index (χ2n) is 4.90. The van der Waals surface area contributed by atoms with Gasteiger partial charge in [0.15, 0.2) is 0 Å². The summed E-state index contributed by atoms with van der Waals surface area (Å²) in [6.07, 6.45) is 1.54. The minimum Gasteiger partial charge on any atom is -0.304 e. The summed E-state index contributed by atoms with van der Waals surface area (Å²) in [6, 6.07) is 3.56. The molecule has 0 bridgehead atoms. The van der Waals surface area contributed by atoms with Crippen molar-refractivity contribution in [2.45, 2.75) is 33.1 Å². The molecule has 106 valence electrons. The monoisotopic (exact) mass is 337 g/mol. The van der Waals surface area contributed by atoms with E-state index in [4.69, 9.17) is 0 Å². The van der Waals surface area contributed by atoms with Crippen LogP contribution in [0, 0.1) is 6.92 Å². The van der Waals surface area contributed by atoms with Gasteiger partial charge in [0, 0.05) is 23.9 Å². The number of ketones is 2. The number of nitrogens with zero attached hydrogens (tertiary/aromatic N) is 1. The Labute approximate surface area is 126 Å². The van der Waals surface area contributed by atoms with Gasteiger partial charge in [-0.05, 0) is 31.0 Å². The van der Waals surface area contributed by atoms with E-state index in [2.05, 4.69) is 15.9 Å². The number of amides is 1. The fraction of sp³-hybridized carbons (Fsp3) is 0.400. The van der Waals surface area contributed by atoms with E-state index in [1.807, 2.05) is 19.9 Å². The summed E-state index contributed by atoms with van der Waals surface area (Å²) in [4.78, 5) is 36.8. The highest BCUT2D eigenvalue weighted by Gasteiger charge is 2.36. The van der Waals surface area contributed by atoms with Crippen LogP contribution in [0.1, 0.15) is 42.1 Å². The molecule has 0 N–H and O–H groups in total. The SMILES string of the molecule is CCC(=O)CCCN1C(=O)C(=O)c2cc(Br)cc(C)c21. The van der Waals surface area contributed by atoms with E-state index < -0.39 is 11.7 Å². The largest absolute Gasteiger partial charge is 0.304 e. The molecule has 1 aromatic carbocycles. The van der Waals surface area contributed by atoms with Crippen molar-refractivity contribution in [1.82, 2.24) is 0 Å². The third kappa shape index (κ3) is 2.68. The molecule has 0 radical (unpaired) electrons. The Balaban J connectivity index is 2.22. The maximum atomic E-state index is 12.0. The first-order valence-electron chi connectivity index (χ1n) is 6.63. The van der Waals surface area contributed by atoms with Crippen LogP contribution in [-0.2, 0) is 9.59 Å². The van der Waals surface area contributed by atoms with Crippen LogP contribution in [0.3, 0.4) is 0 Å². The van der Waals surface area contributed by atoms with E-state index in [9.17, 15) is 14.4 Å². The fourth-order valence-electron chi connectivity index (χ4n) is 2.43. The van der Waals surface area contributed by atoms with Crippen LogP contribution >= 0.6 is 15.9 Å². The number of fused-ring (bicyclic) bond motifs is 1. The molecule has 0 atom stereocenters. The van der Waals surface area contributed by atoms with E-state index in [-0.39, 0.29) is 5.78 Å². The van der Waals surface area contributed by atoms with Crippen molar-refractivity contribution in [3.05, 3.63) is 27.7 Å². The summed E-state index contributed by atoms with van der Waals surface area (Å²) in [5.74, 6) is -0.785. The molecule has 0 fully saturated rings. The number of carbonyl (C=O) groups is 3. The molecule has 1 aliphatic heterocycles. The highest BCUT2D eigenvalue weighted by Crippen LogP contribution is 2.35. The first-order chi connectivity index (χ1) is 9.45. The van der Waals surface area contributed by atoms with Crippen LogP contribution in [-0.4, -0.2) is 24.0 Å². The second-order valence-corrected chi connectivity index (χ2v) is 5.82. The number of hydrogen-bond acceptors (Lipinski definition) is 3. The Morgan fingerprint density at radius 2 is 2.00 bits per heavy atom. The van der Waals surface area contributed by atoms with Gasteiger partial charge in [-0.1, -0.05) is 22.9 Å². The summed E-state index contributed by atoms with van der Waals surface area (Å²) in [7, 11) is 0.